The molecule has 0 aliphatic carbocycles. The van der Waals surface area contributed by atoms with Gasteiger partial charge in [-0.05, 0) is 99.6 Å². The quantitative estimate of drug-likeness (QED) is 0.152. The number of hydrogen-bond donors (Lipinski definition) is 0. The highest BCUT2D eigenvalue weighted by molar-refractivity contribution is 6.09. The largest absolute Gasteiger partial charge is 0.311 e. The van der Waals surface area contributed by atoms with Crippen LogP contribution in [-0.2, 0) is 0 Å². The van der Waals surface area contributed by atoms with Crippen molar-refractivity contribution in [2.45, 2.75) is 0 Å². The molecule has 0 radical (unpaired) electrons. The number of benzene rings is 9. The average Bonchev–Trinajstić information content (AvgIpc) is 3.62. The lowest BCUT2D eigenvalue weighted by Crippen LogP contribution is -2.09. The Morgan fingerprint density at radius 2 is 0.750 bits per heavy atom. The Morgan fingerprint density at radius 3 is 1.36 bits per heavy atom. The predicted molar refractivity (Wildman–Crippen MR) is 237 cm³/mol. The summed E-state index contributed by atoms with van der Waals surface area (Å²) in [5, 5.41) is 2.49. The summed E-state index contributed by atoms with van der Waals surface area (Å²) in [6, 6.07) is 76.4. The molecule has 264 valence electrons. The van der Waals surface area contributed by atoms with Gasteiger partial charge in [-0.15, -0.1) is 0 Å². The third-order valence-electron chi connectivity index (χ3n) is 10.6. The summed E-state index contributed by atoms with van der Waals surface area (Å²) in [7, 11) is 0. The van der Waals surface area contributed by atoms with E-state index in [1.165, 1.54) is 21.8 Å². The maximum absolute atomic E-state index is 9.08. The molecule has 9 aromatic carbocycles. The summed E-state index contributed by atoms with van der Waals surface area (Å²) in [5.41, 5.74) is 14.5. The van der Waals surface area contributed by atoms with Crippen LogP contribution in [0, 0.1) is 0 Å². The predicted octanol–water partition coefficient (Wildman–Crippen LogP) is 14.9. The zero-order valence-corrected chi connectivity index (χ0v) is 30.7. The van der Waals surface area contributed by atoms with Crippen molar-refractivity contribution >= 4 is 38.9 Å². The Kier molecular flexibility index (Phi) is 7.98. The van der Waals surface area contributed by atoms with Gasteiger partial charge in [0.05, 0.1) is 19.5 Å². The zero-order valence-electron chi connectivity index (χ0n) is 32.7. The molecular weight excluding hydrogens is 677 g/mol. The SMILES string of the molecule is [2H]c1cc(N(c2ccc(-c3ccccc3)cc2)c2ccc(-c3cccc(-c4ccccc4-n4c5ccccc5c5ccccc54)c3)cc2)cc([2H])c1-c1ccccc1. The van der Waals surface area contributed by atoms with Crippen molar-refractivity contribution in [3.63, 3.8) is 0 Å². The summed E-state index contributed by atoms with van der Waals surface area (Å²) in [5.74, 6) is 0. The first-order chi connectivity index (χ1) is 28.6. The van der Waals surface area contributed by atoms with E-state index in [4.69, 9.17) is 2.74 Å². The molecule has 10 rings (SSSR count). The van der Waals surface area contributed by atoms with Crippen molar-refractivity contribution in [2.24, 2.45) is 0 Å². The minimum absolute atomic E-state index is 0.314. The van der Waals surface area contributed by atoms with Crippen LogP contribution in [0.4, 0.5) is 17.1 Å². The Bertz CT molecular complexity index is 2980. The molecule has 0 atom stereocenters. The smallest absolute Gasteiger partial charge is 0.0630 e. The van der Waals surface area contributed by atoms with E-state index < -0.39 is 0 Å². The van der Waals surface area contributed by atoms with E-state index >= 15 is 0 Å². The Hall–Kier alpha value is -7.42. The Morgan fingerprint density at radius 1 is 0.321 bits per heavy atom. The van der Waals surface area contributed by atoms with Crippen LogP contribution in [-0.4, -0.2) is 4.57 Å². The molecular formula is C54H38N2. The van der Waals surface area contributed by atoms with Crippen molar-refractivity contribution in [1.29, 1.82) is 0 Å². The lowest BCUT2D eigenvalue weighted by molar-refractivity contribution is 1.18. The molecule has 56 heavy (non-hydrogen) atoms. The fourth-order valence-electron chi connectivity index (χ4n) is 7.92. The molecule has 0 saturated carbocycles. The number of nitrogens with zero attached hydrogens (tertiary/aromatic N) is 2. The van der Waals surface area contributed by atoms with Crippen LogP contribution < -0.4 is 4.90 Å². The molecule has 2 heteroatoms. The van der Waals surface area contributed by atoms with Gasteiger partial charge in [0.1, 0.15) is 0 Å². The molecule has 0 bridgehead atoms. The van der Waals surface area contributed by atoms with Crippen LogP contribution >= 0.6 is 0 Å². The second kappa shape index (κ2) is 14.4. The van der Waals surface area contributed by atoms with E-state index in [9.17, 15) is 0 Å². The molecule has 0 unspecified atom stereocenters. The third-order valence-corrected chi connectivity index (χ3v) is 10.6. The molecule has 0 spiro atoms. The first kappa shape index (κ1) is 31.0. The van der Waals surface area contributed by atoms with Crippen molar-refractivity contribution < 1.29 is 2.74 Å². The minimum Gasteiger partial charge on any atom is -0.311 e. The van der Waals surface area contributed by atoms with Crippen LogP contribution in [0.1, 0.15) is 2.74 Å². The topological polar surface area (TPSA) is 8.17 Å². The van der Waals surface area contributed by atoms with Gasteiger partial charge in [-0.1, -0.05) is 170 Å². The van der Waals surface area contributed by atoms with E-state index in [2.05, 4.69) is 179 Å². The van der Waals surface area contributed by atoms with Gasteiger partial charge in [0.15, 0.2) is 0 Å². The lowest BCUT2D eigenvalue weighted by atomic mass is 9.97. The van der Waals surface area contributed by atoms with E-state index in [1.54, 1.807) is 0 Å². The second-order valence-corrected chi connectivity index (χ2v) is 14.0. The normalized spacial score (nSPS) is 11.7. The van der Waals surface area contributed by atoms with Gasteiger partial charge in [-0.3, -0.25) is 0 Å². The van der Waals surface area contributed by atoms with Gasteiger partial charge in [0.25, 0.3) is 0 Å². The summed E-state index contributed by atoms with van der Waals surface area (Å²) in [6.45, 7) is 0. The number of hydrogen-bond acceptors (Lipinski definition) is 1. The zero-order chi connectivity index (χ0) is 39.0. The van der Waals surface area contributed by atoms with Crippen LogP contribution in [0.15, 0.2) is 230 Å². The first-order valence-corrected chi connectivity index (χ1v) is 19.0. The molecule has 0 aliphatic heterocycles. The van der Waals surface area contributed by atoms with Gasteiger partial charge >= 0.3 is 0 Å². The van der Waals surface area contributed by atoms with Crippen molar-refractivity contribution in [3.05, 3.63) is 230 Å². The molecule has 2 nitrogen and oxygen atoms in total. The van der Waals surface area contributed by atoms with E-state index in [-0.39, 0.29) is 0 Å². The summed E-state index contributed by atoms with van der Waals surface area (Å²) < 4.78 is 20.6. The van der Waals surface area contributed by atoms with E-state index in [0.717, 1.165) is 61.7 Å². The minimum atomic E-state index is 0.314. The number of fused-ring (bicyclic) bond motifs is 3. The molecule has 0 amide bonds. The fourth-order valence-corrected chi connectivity index (χ4v) is 7.92. The van der Waals surface area contributed by atoms with Gasteiger partial charge < -0.3 is 9.47 Å². The number of aromatic nitrogens is 1. The number of rotatable bonds is 8. The fraction of sp³-hybridized carbons (Fsp3) is 0. The number of anilines is 3. The highest BCUT2D eigenvalue weighted by Gasteiger charge is 2.17. The standard InChI is InChI=1S/C54H38N2/c1-3-14-39(15-4-1)41-26-32-46(33-27-41)55(47-34-28-42(29-35-47)40-16-5-2-6-17-40)48-36-30-43(31-37-48)44-18-13-19-45(38-44)49-20-7-10-23-52(49)56-53-24-11-8-21-50(53)51-22-9-12-25-54(51)56/h1-38H/i26D,27D. The summed E-state index contributed by atoms with van der Waals surface area (Å²) in [6.07, 6.45) is 0. The van der Waals surface area contributed by atoms with Crippen LogP contribution in [0.25, 0.3) is 72.0 Å². The second-order valence-electron chi connectivity index (χ2n) is 14.0. The lowest BCUT2D eigenvalue weighted by Gasteiger charge is -2.26. The molecule has 10 aromatic rings. The molecule has 0 aliphatic rings. The first-order valence-electron chi connectivity index (χ1n) is 20.0. The van der Waals surface area contributed by atoms with Crippen LogP contribution in [0.2, 0.25) is 0 Å². The monoisotopic (exact) mass is 716 g/mol. The van der Waals surface area contributed by atoms with Crippen molar-refractivity contribution in [3.8, 4) is 50.2 Å². The molecule has 0 fully saturated rings. The summed E-state index contributed by atoms with van der Waals surface area (Å²) in [4.78, 5) is 2.14. The highest BCUT2D eigenvalue weighted by atomic mass is 15.1. The third kappa shape index (κ3) is 6.14. The maximum Gasteiger partial charge on any atom is 0.0630 e. The molecule has 0 saturated heterocycles. The van der Waals surface area contributed by atoms with Crippen molar-refractivity contribution in [2.75, 3.05) is 4.90 Å². The maximum atomic E-state index is 9.08. The molecule has 1 heterocycles. The van der Waals surface area contributed by atoms with Crippen LogP contribution in [0.5, 0.6) is 0 Å². The Labute approximate surface area is 330 Å². The Balaban J connectivity index is 1.04. The van der Waals surface area contributed by atoms with Crippen molar-refractivity contribution in [1.82, 2.24) is 4.57 Å². The molecule has 1 aromatic heterocycles. The van der Waals surface area contributed by atoms with Gasteiger partial charge in [-0.25, -0.2) is 0 Å². The van der Waals surface area contributed by atoms with Gasteiger partial charge in [0, 0.05) is 33.4 Å². The van der Waals surface area contributed by atoms with E-state index in [0.29, 0.717) is 17.6 Å². The van der Waals surface area contributed by atoms with Gasteiger partial charge in [-0.2, -0.15) is 0 Å². The molecule has 0 N–H and O–H groups in total. The summed E-state index contributed by atoms with van der Waals surface area (Å²) >= 11 is 0. The highest BCUT2D eigenvalue weighted by Crippen LogP contribution is 2.40. The van der Waals surface area contributed by atoms with Gasteiger partial charge in [0.2, 0.25) is 0 Å². The van der Waals surface area contributed by atoms with E-state index in [1.807, 2.05) is 48.5 Å². The van der Waals surface area contributed by atoms with Crippen LogP contribution in [0.3, 0.4) is 0 Å². The average molecular weight is 717 g/mol. The number of para-hydroxylation sites is 3.